The second-order valence-electron chi connectivity index (χ2n) is 11.7. The van der Waals surface area contributed by atoms with Crippen molar-refractivity contribution in [1.29, 1.82) is 0 Å². The molecule has 0 radical (unpaired) electrons. The highest BCUT2D eigenvalue weighted by Crippen LogP contribution is 2.33. The number of alkyl halides is 3. The van der Waals surface area contributed by atoms with E-state index >= 15 is 0 Å². The first kappa shape index (κ1) is 35.0. The number of pyridine rings is 1. The Morgan fingerprint density at radius 3 is 2.47 bits per heavy atom. The molecule has 2 N–H and O–H groups in total. The lowest BCUT2D eigenvalue weighted by Gasteiger charge is -2.22. The molecule has 1 aliphatic rings. The standard InChI is InChI=1S/C31H31ClN8O2.C2HF3O2/c1-18-6-5-7-28(25-12-21(10-11-33-25)30-26(36-31(18)42)15-35-38(30)4)39-17-34-24(14-29(39)41)23-13-22(32)8-9-27(23)40-16-19(2)20(3)37-40;3-2(4,5)1(6)7/h8-18,28H,5-7H2,1-4H3,(H,36,42);(H,6,7)/t18-,28+;/m1./s1. The Hall–Kier alpha value is -5.31. The van der Waals surface area contributed by atoms with Gasteiger partial charge in [0.2, 0.25) is 5.91 Å². The highest BCUT2D eigenvalue weighted by molar-refractivity contribution is 6.31. The Bertz CT molecular complexity index is 2070. The van der Waals surface area contributed by atoms with Crippen molar-refractivity contribution in [2.24, 2.45) is 13.0 Å². The summed E-state index contributed by atoms with van der Waals surface area (Å²) in [5.74, 6) is -3.02. The van der Waals surface area contributed by atoms with E-state index in [1.807, 2.05) is 52.2 Å². The van der Waals surface area contributed by atoms with Gasteiger partial charge in [-0.1, -0.05) is 24.9 Å². The van der Waals surface area contributed by atoms with Crippen molar-refractivity contribution in [1.82, 2.24) is 34.1 Å². The second-order valence-corrected chi connectivity index (χ2v) is 12.1. The summed E-state index contributed by atoms with van der Waals surface area (Å²) < 4.78 is 36.9. The molecule has 12 nitrogen and oxygen atoms in total. The number of nitrogens with one attached hydrogen (secondary N) is 1. The number of carbonyl (C=O) groups is 2. The molecule has 1 aliphatic heterocycles. The summed E-state index contributed by atoms with van der Waals surface area (Å²) >= 11 is 6.39. The molecule has 6 rings (SSSR count). The Labute approximate surface area is 283 Å². The number of carboxylic acids is 1. The molecule has 0 unspecified atom stereocenters. The Kier molecular flexibility index (Phi) is 10.0. The van der Waals surface area contributed by atoms with E-state index in [2.05, 4.69) is 20.5 Å². The fraction of sp³-hybridized carbons (Fsp3) is 0.303. The number of aliphatic carboxylic acids is 1. The summed E-state index contributed by atoms with van der Waals surface area (Å²) in [6.07, 6.45) is 3.82. The van der Waals surface area contributed by atoms with Gasteiger partial charge in [-0.25, -0.2) is 14.5 Å². The van der Waals surface area contributed by atoms with Gasteiger partial charge in [-0.2, -0.15) is 23.4 Å². The highest BCUT2D eigenvalue weighted by Gasteiger charge is 2.38. The molecule has 2 atom stereocenters. The molecule has 49 heavy (non-hydrogen) atoms. The van der Waals surface area contributed by atoms with E-state index in [-0.39, 0.29) is 23.4 Å². The van der Waals surface area contributed by atoms with Gasteiger partial charge in [0.15, 0.2) is 0 Å². The molecule has 16 heteroatoms. The van der Waals surface area contributed by atoms with Crippen LogP contribution in [0.25, 0.3) is 28.2 Å². The average Bonchev–Trinajstić information content (AvgIpc) is 3.58. The molecule has 5 heterocycles. The Morgan fingerprint density at radius 2 is 1.82 bits per heavy atom. The van der Waals surface area contributed by atoms with Crippen LogP contribution in [0.4, 0.5) is 18.9 Å². The lowest BCUT2D eigenvalue weighted by atomic mass is 9.97. The summed E-state index contributed by atoms with van der Waals surface area (Å²) in [4.78, 5) is 45.0. The van der Waals surface area contributed by atoms with Gasteiger partial charge in [0, 0.05) is 47.6 Å². The first-order chi connectivity index (χ1) is 23.1. The summed E-state index contributed by atoms with van der Waals surface area (Å²) in [6, 6.07) is 10.5. The highest BCUT2D eigenvalue weighted by atomic mass is 35.5. The van der Waals surface area contributed by atoms with Crippen LogP contribution in [0.1, 0.15) is 49.2 Å². The number of halogens is 4. The molecule has 1 amide bonds. The number of nitrogens with zero attached hydrogens (tertiary/aromatic N) is 7. The minimum Gasteiger partial charge on any atom is -0.475 e. The first-order valence-electron chi connectivity index (χ1n) is 15.1. The molecular weight excluding hydrogens is 665 g/mol. The molecule has 0 saturated heterocycles. The summed E-state index contributed by atoms with van der Waals surface area (Å²) in [6.45, 7) is 5.87. The first-order valence-corrected chi connectivity index (χ1v) is 15.5. The van der Waals surface area contributed by atoms with Crippen LogP contribution in [0.15, 0.2) is 66.1 Å². The van der Waals surface area contributed by atoms with E-state index in [0.29, 0.717) is 34.8 Å². The molecule has 0 spiro atoms. The number of hydrogen-bond acceptors (Lipinski definition) is 7. The molecule has 0 aliphatic carbocycles. The maximum Gasteiger partial charge on any atom is 0.490 e. The van der Waals surface area contributed by atoms with Crippen molar-refractivity contribution in [2.45, 2.75) is 52.3 Å². The number of amides is 1. The van der Waals surface area contributed by atoms with Gasteiger partial charge in [-0.15, -0.1) is 0 Å². The number of carboxylic acid groups (broad SMARTS) is 1. The van der Waals surface area contributed by atoms with E-state index in [4.69, 9.17) is 26.5 Å². The molecule has 4 aromatic heterocycles. The molecule has 0 fully saturated rings. The molecular formula is C33H32ClF3N8O4. The maximum absolute atomic E-state index is 13.8. The van der Waals surface area contributed by atoms with Crippen LogP contribution in [0.5, 0.6) is 0 Å². The number of fused-ring (bicyclic) bond motifs is 4. The van der Waals surface area contributed by atoms with Crippen LogP contribution >= 0.6 is 11.6 Å². The van der Waals surface area contributed by atoms with Crippen molar-refractivity contribution in [3.8, 4) is 28.2 Å². The van der Waals surface area contributed by atoms with E-state index in [0.717, 1.165) is 40.3 Å². The van der Waals surface area contributed by atoms with Gasteiger partial charge < -0.3 is 10.4 Å². The lowest BCUT2D eigenvalue weighted by molar-refractivity contribution is -0.192. The molecule has 256 valence electrons. The zero-order valence-electron chi connectivity index (χ0n) is 26.9. The van der Waals surface area contributed by atoms with E-state index in [9.17, 15) is 22.8 Å². The quantitative estimate of drug-likeness (QED) is 0.228. The van der Waals surface area contributed by atoms with Crippen LogP contribution in [-0.2, 0) is 16.6 Å². The van der Waals surface area contributed by atoms with Gasteiger partial charge in [0.25, 0.3) is 5.56 Å². The summed E-state index contributed by atoms with van der Waals surface area (Å²) in [7, 11) is 1.83. The minimum atomic E-state index is -5.08. The van der Waals surface area contributed by atoms with Crippen LogP contribution in [-0.4, -0.2) is 57.3 Å². The largest absolute Gasteiger partial charge is 0.490 e. The monoisotopic (exact) mass is 696 g/mol. The number of anilines is 1. The average molecular weight is 697 g/mol. The fourth-order valence-electron chi connectivity index (χ4n) is 5.46. The third-order valence-electron chi connectivity index (χ3n) is 8.19. The smallest absolute Gasteiger partial charge is 0.475 e. The van der Waals surface area contributed by atoms with E-state index < -0.39 is 12.1 Å². The fourth-order valence-corrected chi connectivity index (χ4v) is 5.63. The summed E-state index contributed by atoms with van der Waals surface area (Å²) in [5, 5.41) is 19.7. The molecule has 5 aromatic rings. The Morgan fingerprint density at radius 1 is 1.08 bits per heavy atom. The van der Waals surface area contributed by atoms with Crippen molar-refractivity contribution >= 4 is 29.2 Å². The molecule has 2 bridgehead atoms. The SMILES string of the molecule is Cc1cn(-c2ccc(Cl)cc2-c2cc(=O)n([C@H]3CCC[C@@H](C)C(=O)Nc4cnn(C)c4-c4ccnc3c4)cn2)nc1C.O=C(O)C(F)(F)F. The third-order valence-corrected chi connectivity index (χ3v) is 8.43. The van der Waals surface area contributed by atoms with Gasteiger partial charge >= 0.3 is 12.1 Å². The van der Waals surface area contributed by atoms with Crippen LogP contribution in [0.2, 0.25) is 5.02 Å². The van der Waals surface area contributed by atoms with Crippen molar-refractivity contribution in [3.05, 3.63) is 93.6 Å². The van der Waals surface area contributed by atoms with Crippen molar-refractivity contribution in [3.63, 3.8) is 0 Å². The lowest BCUT2D eigenvalue weighted by Crippen LogP contribution is -2.27. The number of benzene rings is 1. The predicted molar refractivity (Wildman–Crippen MR) is 175 cm³/mol. The zero-order valence-corrected chi connectivity index (χ0v) is 27.6. The van der Waals surface area contributed by atoms with Crippen LogP contribution < -0.4 is 10.9 Å². The second kappa shape index (κ2) is 14.0. The number of hydrogen-bond donors (Lipinski definition) is 2. The van der Waals surface area contributed by atoms with E-state index in [1.54, 1.807) is 44.8 Å². The van der Waals surface area contributed by atoms with Gasteiger partial charge in [-0.05, 0) is 62.6 Å². The predicted octanol–water partition coefficient (Wildman–Crippen LogP) is 6.14. The normalized spacial score (nSPS) is 16.4. The van der Waals surface area contributed by atoms with Gasteiger partial charge in [0.1, 0.15) is 0 Å². The molecule has 0 saturated carbocycles. The van der Waals surface area contributed by atoms with Gasteiger partial charge in [-0.3, -0.25) is 23.8 Å². The van der Waals surface area contributed by atoms with Gasteiger partial charge in [0.05, 0.1) is 52.7 Å². The van der Waals surface area contributed by atoms with Crippen LogP contribution in [0, 0.1) is 19.8 Å². The number of aryl methyl sites for hydroxylation is 3. The minimum absolute atomic E-state index is 0.0567. The van der Waals surface area contributed by atoms with Crippen molar-refractivity contribution in [2.75, 3.05) is 5.32 Å². The number of rotatable bonds is 3. The zero-order chi connectivity index (χ0) is 35.6. The third kappa shape index (κ3) is 7.72. The number of aromatic nitrogens is 7. The number of carbonyl (C=O) groups excluding carboxylic acids is 1. The molecule has 1 aromatic carbocycles. The van der Waals surface area contributed by atoms with Crippen LogP contribution in [0.3, 0.4) is 0 Å². The Balaban J connectivity index is 0.000000606. The topological polar surface area (TPSA) is 150 Å². The maximum atomic E-state index is 13.8. The van der Waals surface area contributed by atoms with E-state index in [1.165, 1.54) is 6.07 Å². The summed E-state index contributed by atoms with van der Waals surface area (Å²) in [5.41, 5.74) is 6.75. The van der Waals surface area contributed by atoms with Crippen molar-refractivity contribution < 1.29 is 27.9 Å².